The number of amides is 2. The van der Waals surface area contributed by atoms with Crippen molar-refractivity contribution in [2.24, 2.45) is 0 Å². The molecule has 0 unspecified atom stereocenters. The fraction of sp³-hybridized carbons (Fsp3) is 0.417. The Morgan fingerprint density at radius 3 is 1.91 bits per heavy atom. The summed E-state index contributed by atoms with van der Waals surface area (Å²) >= 11 is 0. The van der Waals surface area contributed by atoms with Gasteiger partial charge in [0.25, 0.3) is 0 Å². The van der Waals surface area contributed by atoms with Gasteiger partial charge in [0.15, 0.2) is 0 Å². The number of hydrogen-bond acceptors (Lipinski definition) is 4. The van der Waals surface area contributed by atoms with Crippen LogP contribution < -0.4 is 5.32 Å². The summed E-state index contributed by atoms with van der Waals surface area (Å²) in [5.74, 6) is -0.736. The second kappa shape index (κ2) is 10.7. The van der Waals surface area contributed by atoms with E-state index in [9.17, 15) is 18.0 Å². The van der Waals surface area contributed by atoms with Crippen molar-refractivity contribution in [3.05, 3.63) is 65.2 Å². The minimum atomic E-state index is -3.84. The Morgan fingerprint density at radius 1 is 0.906 bits per heavy atom. The second-order valence-electron chi connectivity index (χ2n) is 8.42. The molecule has 0 bridgehead atoms. The van der Waals surface area contributed by atoms with Gasteiger partial charge in [-0.25, -0.2) is 8.42 Å². The van der Waals surface area contributed by atoms with Crippen LogP contribution in [0.25, 0.3) is 0 Å². The third-order valence-corrected chi connectivity index (χ3v) is 6.98. The molecule has 0 spiro atoms. The molecular weight excluding hydrogens is 426 g/mol. The van der Waals surface area contributed by atoms with Gasteiger partial charge in [-0.05, 0) is 52.3 Å². The van der Waals surface area contributed by atoms with Crippen molar-refractivity contribution in [2.45, 2.75) is 58.1 Å². The highest BCUT2D eigenvalue weighted by Crippen LogP contribution is 2.17. The Labute approximate surface area is 191 Å². The first-order valence-electron chi connectivity index (χ1n) is 10.6. The molecule has 1 atom stereocenters. The molecule has 2 amide bonds. The van der Waals surface area contributed by atoms with Crippen LogP contribution in [0, 0.1) is 13.8 Å². The predicted molar refractivity (Wildman–Crippen MR) is 125 cm³/mol. The maximum Gasteiger partial charge on any atom is 0.243 e. The number of carbonyl (C=O) groups is 2. The van der Waals surface area contributed by atoms with Crippen molar-refractivity contribution in [3.63, 3.8) is 0 Å². The summed E-state index contributed by atoms with van der Waals surface area (Å²) in [7, 11) is -2.47. The fourth-order valence-corrected chi connectivity index (χ4v) is 4.25. The number of carbonyl (C=O) groups excluding carboxylic acids is 2. The highest BCUT2D eigenvalue weighted by molar-refractivity contribution is 7.89. The van der Waals surface area contributed by atoms with E-state index in [-0.39, 0.29) is 29.9 Å². The third-order valence-electron chi connectivity index (χ3n) is 5.16. The van der Waals surface area contributed by atoms with Gasteiger partial charge in [0.05, 0.1) is 11.4 Å². The predicted octanol–water partition coefficient (Wildman–Crippen LogP) is 2.87. The smallest absolute Gasteiger partial charge is 0.243 e. The maximum absolute atomic E-state index is 13.2. The lowest BCUT2D eigenvalue weighted by Gasteiger charge is -2.30. The number of nitrogens with zero attached hydrogens (tertiary/aromatic N) is 2. The normalized spacial score (nSPS) is 12.6. The Morgan fingerprint density at radius 2 is 1.41 bits per heavy atom. The average Bonchev–Trinajstić information content (AvgIpc) is 2.72. The fourth-order valence-electron chi connectivity index (χ4n) is 3.13. The average molecular weight is 460 g/mol. The summed E-state index contributed by atoms with van der Waals surface area (Å²) in [6.07, 6.45) is 0. The first-order valence-corrected chi connectivity index (χ1v) is 12.0. The number of hydrogen-bond donors (Lipinski definition) is 1. The summed E-state index contributed by atoms with van der Waals surface area (Å²) in [5.41, 5.74) is 2.88. The highest BCUT2D eigenvalue weighted by Gasteiger charge is 2.30. The Kier molecular flexibility index (Phi) is 8.58. The van der Waals surface area contributed by atoms with Crippen LogP contribution >= 0.6 is 0 Å². The third kappa shape index (κ3) is 6.64. The largest absolute Gasteiger partial charge is 0.352 e. The second-order valence-corrected chi connectivity index (χ2v) is 10.5. The Balaban J connectivity index is 2.26. The molecule has 0 aliphatic heterocycles. The summed E-state index contributed by atoms with van der Waals surface area (Å²) < 4.78 is 26.9. The molecule has 0 aromatic heterocycles. The van der Waals surface area contributed by atoms with Gasteiger partial charge in [0.2, 0.25) is 21.8 Å². The van der Waals surface area contributed by atoms with Gasteiger partial charge >= 0.3 is 0 Å². The molecule has 0 aliphatic rings. The zero-order valence-electron chi connectivity index (χ0n) is 19.6. The zero-order valence-corrected chi connectivity index (χ0v) is 20.4. The van der Waals surface area contributed by atoms with Gasteiger partial charge in [0.1, 0.15) is 6.04 Å². The van der Waals surface area contributed by atoms with Crippen molar-refractivity contribution in [3.8, 4) is 0 Å². The molecule has 2 aromatic carbocycles. The quantitative estimate of drug-likeness (QED) is 0.625. The van der Waals surface area contributed by atoms with E-state index in [4.69, 9.17) is 0 Å². The van der Waals surface area contributed by atoms with Crippen LogP contribution in [0.3, 0.4) is 0 Å². The van der Waals surface area contributed by atoms with Gasteiger partial charge in [-0.3, -0.25) is 9.59 Å². The number of benzene rings is 2. The molecule has 0 saturated carbocycles. The highest BCUT2D eigenvalue weighted by atomic mass is 32.2. The first-order chi connectivity index (χ1) is 14.9. The topological polar surface area (TPSA) is 86.8 Å². The van der Waals surface area contributed by atoms with Gasteiger partial charge in [-0.15, -0.1) is 0 Å². The molecule has 2 aromatic rings. The van der Waals surface area contributed by atoms with Gasteiger partial charge in [-0.1, -0.05) is 47.5 Å². The van der Waals surface area contributed by atoms with Crippen LogP contribution in [0.1, 0.15) is 37.5 Å². The molecule has 0 heterocycles. The van der Waals surface area contributed by atoms with E-state index in [0.29, 0.717) is 0 Å². The molecule has 1 N–H and O–H groups in total. The molecule has 2 rings (SSSR count). The molecule has 0 aliphatic carbocycles. The Hall–Kier alpha value is -2.71. The monoisotopic (exact) mass is 459 g/mol. The standard InChI is InChI=1S/C24H33N3O4S/c1-17(2)25-24(29)20(5)27(15-21-11-7-18(3)8-12-21)23(28)16-26(6)32(30,31)22-13-9-19(4)10-14-22/h7-14,17,20H,15-16H2,1-6H3,(H,25,29)/t20-/m0/s1. The summed E-state index contributed by atoms with van der Waals surface area (Å²) in [5, 5.41) is 2.82. The lowest BCUT2D eigenvalue weighted by atomic mass is 10.1. The Bertz CT molecular complexity index is 1030. The van der Waals surface area contributed by atoms with E-state index in [2.05, 4.69) is 5.32 Å². The van der Waals surface area contributed by atoms with Crippen molar-refractivity contribution >= 4 is 21.8 Å². The molecule has 0 saturated heterocycles. The van der Waals surface area contributed by atoms with E-state index < -0.39 is 22.0 Å². The molecule has 174 valence electrons. The molecule has 0 fully saturated rings. The molecular formula is C24H33N3O4S. The number of aryl methyl sites for hydroxylation is 2. The van der Waals surface area contributed by atoms with E-state index >= 15 is 0 Å². The van der Waals surface area contributed by atoms with E-state index in [0.717, 1.165) is 21.0 Å². The van der Waals surface area contributed by atoms with Crippen LogP contribution in [0.2, 0.25) is 0 Å². The van der Waals surface area contributed by atoms with Crippen molar-refractivity contribution in [2.75, 3.05) is 13.6 Å². The van der Waals surface area contributed by atoms with Crippen LogP contribution in [-0.2, 0) is 26.2 Å². The zero-order chi connectivity index (χ0) is 24.1. The lowest BCUT2D eigenvalue weighted by Crippen LogP contribution is -2.51. The summed E-state index contributed by atoms with van der Waals surface area (Å²) in [6, 6.07) is 13.3. The number of rotatable bonds is 9. The number of likely N-dealkylation sites (N-methyl/N-ethyl adjacent to an activating group) is 1. The first kappa shape index (κ1) is 25.5. The maximum atomic E-state index is 13.2. The van der Waals surface area contributed by atoms with Gasteiger partial charge in [-0.2, -0.15) is 4.31 Å². The van der Waals surface area contributed by atoms with Crippen LogP contribution in [0.4, 0.5) is 0 Å². The van der Waals surface area contributed by atoms with Crippen LogP contribution in [0.5, 0.6) is 0 Å². The summed E-state index contributed by atoms with van der Waals surface area (Å²) in [6.45, 7) is 9.01. The number of nitrogens with one attached hydrogen (secondary N) is 1. The van der Waals surface area contributed by atoms with E-state index in [1.807, 2.05) is 52.0 Å². The molecule has 32 heavy (non-hydrogen) atoms. The SMILES string of the molecule is Cc1ccc(CN(C(=O)CN(C)S(=O)(=O)c2ccc(C)cc2)[C@@H](C)C(=O)NC(C)C)cc1. The van der Waals surface area contributed by atoms with Gasteiger partial charge in [0, 0.05) is 19.6 Å². The van der Waals surface area contributed by atoms with Crippen molar-refractivity contribution in [1.82, 2.24) is 14.5 Å². The van der Waals surface area contributed by atoms with Crippen molar-refractivity contribution < 1.29 is 18.0 Å². The van der Waals surface area contributed by atoms with Gasteiger partial charge < -0.3 is 10.2 Å². The number of sulfonamides is 1. The van der Waals surface area contributed by atoms with Crippen LogP contribution in [-0.4, -0.2) is 55.1 Å². The van der Waals surface area contributed by atoms with E-state index in [1.54, 1.807) is 19.1 Å². The van der Waals surface area contributed by atoms with E-state index in [1.165, 1.54) is 24.1 Å². The summed E-state index contributed by atoms with van der Waals surface area (Å²) in [4.78, 5) is 27.4. The van der Waals surface area contributed by atoms with Crippen LogP contribution in [0.15, 0.2) is 53.4 Å². The molecule has 7 nitrogen and oxygen atoms in total. The molecule has 0 radical (unpaired) electrons. The van der Waals surface area contributed by atoms with Crippen molar-refractivity contribution in [1.29, 1.82) is 0 Å². The molecule has 8 heteroatoms. The lowest BCUT2D eigenvalue weighted by molar-refractivity contribution is -0.140. The minimum absolute atomic E-state index is 0.0779. The minimum Gasteiger partial charge on any atom is -0.352 e.